The van der Waals surface area contributed by atoms with Crippen LogP contribution in [0.2, 0.25) is 0 Å². The molecule has 1 aromatic heterocycles. The minimum atomic E-state index is -0.898. The van der Waals surface area contributed by atoms with Crippen molar-refractivity contribution >= 4 is 34.1 Å². The van der Waals surface area contributed by atoms with Crippen LogP contribution in [0.25, 0.3) is 0 Å². The van der Waals surface area contributed by atoms with Crippen LogP contribution in [-0.2, 0) is 4.79 Å². The quantitative estimate of drug-likeness (QED) is 0.810. The molecule has 0 unspecified atom stereocenters. The molecule has 3 rings (SSSR count). The maximum absolute atomic E-state index is 13.8. The third kappa shape index (κ3) is 4.36. The highest BCUT2D eigenvalue weighted by molar-refractivity contribution is 7.14. The van der Waals surface area contributed by atoms with Gasteiger partial charge in [-0.15, -0.1) is 11.3 Å². The van der Waals surface area contributed by atoms with Crippen molar-refractivity contribution in [2.24, 2.45) is 5.92 Å². The molecule has 0 aliphatic carbocycles. The number of rotatable bonds is 4. The molecule has 0 atom stereocenters. The van der Waals surface area contributed by atoms with E-state index < -0.39 is 17.5 Å². The lowest BCUT2D eigenvalue weighted by atomic mass is 9.95. The Kier molecular flexibility index (Phi) is 5.59. The summed E-state index contributed by atoms with van der Waals surface area (Å²) in [5, 5.41) is 4.63. The van der Waals surface area contributed by atoms with E-state index in [1.807, 2.05) is 0 Å². The Morgan fingerprint density at radius 2 is 1.93 bits per heavy atom. The van der Waals surface area contributed by atoms with Crippen molar-refractivity contribution in [3.63, 3.8) is 0 Å². The fraction of sp³-hybridized carbons (Fsp3) is 0.333. The van der Waals surface area contributed by atoms with Crippen LogP contribution in [0, 0.1) is 17.6 Å². The molecule has 1 saturated heterocycles. The number of halogens is 2. The van der Waals surface area contributed by atoms with E-state index in [0.717, 1.165) is 12.1 Å². The van der Waals surface area contributed by atoms with Gasteiger partial charge in [0.2, 0.25) is 5.91 Å². The van der Waals surface area contributed by atoms with Gasteiger partial charge in [0.1, 0.15) is 17.3 Å². The van der Waals surface area contributed by atoms with Crippen molar-refractivity contribution in [2.75, 3.05) is 18.4 Å². The molecule has 6 nitrogen and oxygen atoms in total. The van der Waals surface area contributed by atoms with E-state index in [0.29, 0.717) is 42.8 Å². The summed E-state index contributed by atoms with van der Waals surface area (Å²) in [6, 6.07) is 2.84. The van der Waals surface area contributed by atoms with Crippen LogP contribution in [-0.4, -0.2) is 40.6 Å². The molecule has 1 aliphatic heterocycles. The van der Waals surface area contributed by atoms with Crippen molar-refractivity contribution in [3.05, 3.63) is 46.5 Å². The van der Waals surface area contributed by atoms with Crippen molar-refractivity contribution < 1.29 is 23.2 Å². The second-order valence-corrected chi connectivity index (χ2v) is 7.13. The van der Waals surface area contributed by atoms with Gasteiger partial charge in [-0.1, -0.05) is 0 Å². The lowest BCUT2D eigenvalue weighted by Gasteiger charge is -2.31. The number of nitrogens with zero attached hydrogens (tertiary/aromatic N) is 2. The molecule has 1 N–H and O–H groups in total. The van der Waals surface area contributed by atoms with Crippen LogP contribution in [0.4, 0.5) is 13.9 Å². The predicted octanol–water partition coefficient (Wildman–Crippen LogP) is 3.11. The number of carbonyl (C=O) groups is 3. The molecule has 2 heterocycles. The first-order valence-electron chi connectivity index (χ1n) is 8.37. The number of aromatic nitrogens is 1. The highest BCUT2D eigenvalue weighted by atomic mass is 32.1. The molecule has 1 fully saturated rings. The Balaban J connectivity index is 1.56. The van der Waals surface area contributed by atoms with E-state index in [2.05, 4.69) is 10.3 Å². The van der Waals surface area contributed by atoms with Gasteiger partial charge >= 0.3 is 0 Å². The lowest BCUT2D eigenvalue weighted by Crippen LogP contribution is -2.41. The summed E-state index contributed by atoms with van der Waals surface area (Å²) in [4.78, 5) is 41.5. The molecular formula is C18H17F2N3O3S. The number of amides is 2. The van der Waals surface area contributed by atoms with E-state index in [-0.39, 0.29) is 23.2 Å². The zero-order valence-electron chi connectivity index (χ0n) is 14.5. The highest BCUT2D eigenvalue weighted by Gasteiger charge is 2.29. The molecule has 0 spiro atoms. The first-order valence-corrected chi connectivity index (χ1v) is 9.24. The number of ketones is 1. The molecule has 0 radical (unpaired) electrons. The first-order chi connectivity index (χ1) is 12.8. The number of nitrogens with one attached hydrogen (secondary N) is 1. The topological polar surface area (TPSA) is 79.4 Å². The average Bonchev–Trinajstić information content (AvgIpc) is 3.10. The van der Waals surface area contributed by atoms with Gasteiger partial charge in [0, 0.05) is 37.4 Å². The van der Waals surface area contributed by atoms with E-state index in [9.17, 15) is 23.2 Å². The molecule has 1 aromatic carbocycles. The lowest BCUT2D eigenvalue weighted by molar-refractivity contribution is -0.121. The summed E-state index contributed by atoms with van der Waals surface area (Å²) in [5.41, 5.74) is 0.121. The molecule has 142 valence electrons. The van der Waals surface area contributed by atoms with E-state index in [1.165, 1.54) is 23.2 Å². The number of thiazole rings is 1. The van der Waals surface area contributed by atoms with Crippen LogP contribution >= 0.6 is 11.3 Å². The molecule has 0 bridgehead atoms. The number of benzene rings is 1. The fourth-order valence-corrected chi connectivity index (χ4v) is 3.63. The third-order valence-corrected chi connectivity index (χ3v) is 5.17. The number of piperidine rings is 1. The van der Waals surface area contributed by atoms with Crippen molar-refractivity contribution in [2.45, 2.75) is 19.8 Å². The van der Waals surface area contributed by atoms with Crippen molar-refractivity contribution in [3.8, 4) is 0 Å². The molecule has 1 aliphatic rings. The van der Waals surface area contributed by atoms with Crippen LogP contribution in [0.15, 0.2) is 23.6 Å². The van der Waals surface area contributed by atoms with Gasteiger partial charge in [-0.05, 0) is 25.0 Å². The van der Waals surface area contributed by atoms with E-state index >= 15 is 0 Å². The normalized spacial score (nSPS) is 14.9. The van der Waals surface area contributed by atoms with Gasteiger partial charge in [-0.25, -0.2) is 13.8 Å². The highest BCUT2D eigenvalue weighted by Crippen LogP contribution is 2.23. The molecule has 0 saturated carbocycles. The van der Waals surface area contributed by atoms with Gasteiger partial charge in [0.15, 0.2) is 10.9 Å². The second-order valence-electron chi connectivity index (χ2n) is 6.27. The second kappa shape index (κ2) is 7.91. The maximum Gasteiger partial charge on any atom is 0.256 e. The van der Waals surface area contributed by atoms with Crippen LogP contribution in [0.5, 0.6) is 0 Å². The van der Waals surface area contributed by atoms with Gasteiger partial charge in [-0.2, -0.15) is 0 Å². The van der Waals surface area contributed by atoms with Crippen LogP contribution in [0.3, 0.4) is 0 Å². The number of hydrogen-bond acceptors (Lipinski definition) is 5. The fourth-order valence-electron chi connectivity index (χ4n) is 2.88. The minimum Gasteiger partial charge on any atom is -0.339 e. The van der Waals surface area contributed by atoms with Crippen molar-refractivity contribution in [1.29, 1.82) is 0 Å². The summed E-state index contributed by atoms with van der Waals surface area (Å²) in [7, 11) is 0. The molecular weight excluding hydrogens is 376 g/mol. The minimum absolute atomic E-state index is 0.174. The number of hydrogen-bond donors (Lipinski definition) is 1. The largest absolute Gasteiger partial charge is 0.339 e. The Morgan fingerprint density at radius 3 is 2.52 bits per heavy atom. The van der Waals surface area contributed by atoms with Gasteiger partial charge < -0.3 is 10.2 Å². The summed E-state index contributed by atoms with van der Waals surface area (Å²) >= 11 is 1.17. The number of likely N-dealkylation sites (tertiary alicyclic amines) is 1. The number of Topliss-reactive ketones (excluding diaryl/α,β-unsaturated/α-hetero) is 1. The predicted molar refractivity (Wildman–Crippen MR) is 95.7 cm³/mol. The SMILES string of the molecule is CC(=O)c1csc(NC(=O)C2CCN(C(=O)c3ccc(F)cc3F)CC2)n1. The monoisotopic (exact) mass is 393 g/mol. The average molecular weight is 393 g/mol. The smallest absolute Gasteiger partial charge is 0.256 e. The zero-order chi connectivity index (χ0) is 19.6. The van der Waals surface area contributed by atoms with Gasteiger partial charge in [0.05, 0.1) is 5.56 Å². The Labute approximate surface area is 158 Å². The number of carbonyl (C=O) groups excluding carboxylic acids is 3. The molecule has 27 heavy (non-hydrogen) atoms. The molecule has 2 amide bonds. The summed E-state index contributed by atoms with van der Waals surface area (Å²) in [6.45, 7) is 1.99. The number of anilines is 1. The molecule has 9 heteroatoms. The Hall–Kier alpha value is -2.68. The maximum atomic E-state index is 13.8. The summed E-state index contributed by atoms with van der Waals surface area (Å²) in [6.07, 6.45) is 0.844. The Morgan fingerprint density at radius 1 is 1.22 bits per heavy atom. The van der Waals surface area contributed by atoms with Gasteiger partial charge in [0.25, 0.3) is 5.91 Å². The van der Waals surface area contributed by atoms with Crippen molar-refractivity contribution in [1.82, 2.24) is 9.88 Å². The third-order valence-electron chi connectivity index (χ3n) is 4.41. The Bertz CT molecular complexity index is 892. The summed E-state index contributed by atoms with van der Waals surface area (Å²) < 4.78 is 26.8. The zero-order valence-corrected chi connectivity index (χ0v) is 15.3. The van der Waals surface area contributed by atoms with Crippen LogP contribution < -0.4 is 5.32 Å². The standard InChI is InChI=1S/C18H17F2N3O3S/c1-10(24)15-9-27-18(21-15)22-16(25)11-4-6-23(7-5-11)17(26)13-3-2-12(19)8-14(13)20/h2-3,8-9,11H,4-7H2,1H3,(H,21,22,25). The van der Waals surface area contributed by atoms with Crippen LogP contribution in [0.1, 0.15) is 40.6 Å². The van der Waals surface area contributed by atoms with Gasteiger partial charge in [-0.3, -0.25) is 14.4 Å². The summed E-state index contributed by atoms with van der Waals surface area (Å²) in [5.74, 6) is -2.86. The van der Waals surface area contributed by atoms with E-state index in [4.69, 9.17) is 0 Å². The van der Waals surface area contributed by atoms with E-state index in [1.54, 1.807) is 5.38 Å². The molecule has 2 aromatic rings. The first kappa shape index (κ1) is 19.1.